The van der Waals surface area contributed by atoms with Crippen LogP contribution < -0.4 is 4.74 Å². The molecule has 3 nitrogen and oxygen atoms in total. The van der Waals surface area contributed by atoms with Crippen LogP contribution in [-0.4, -0.2) is 16.6 Å². The van der Waals surface area contributed by atoms with Crippen molar-refractivity contribution in [2.45, 2.75) is 90.4 Å². The van der Waals surface area contributed by atoms with E-state index >= 15 is 0 Å². The van der Waals surface area contributed by atoms with Gasteiger partial charge in [-0.05, 0) is 73.8 Å². The zero-order valence-electron chi connectivity index (χ0n) is 18.4. The van der Waals surface area contributed by atoms with Gasteiger partial charge in [-0.25, -0.2) is 9.97 Å². The van der Waals surface area contributed by atoms with Gasteiger partial charge in [0.05, 0.1) is 6.61 Å². The summed E-state index contributed by atoms with van der Waals surface area (Å²) in [5, 5.41) is 0. The molecule has 158 valence electrons. The molecular formula is C26H38N2O. The maximum atomic E-state index is 5.80. The highest BCUT2D eigenvalue weighted by molar-refractivity contribution is 5.56. The van der Waals surface area contributed by atoms with Gasteiger partial charge in [-0.3, -0.25) is 0 Å². The maximum absolute atomic E-state index is 5.80. The third-order valence-electron chi connectivity index (χ3n) is 6.34. The lowest BCUT2D eigenvalue weighted by Crippen LogP contribution is -2.14. The maximum Gasteiger partial charge on any atom is 0.159 e. The summed E-state index contributed by atoms with van der Waals surface area (Å²) in [7, 11) is 0. The van der Waals surface area contributed by atoms with Gasteiger partial charge in [0.15, 0.2) is 5.82 Å². The molecule has 1 aromatic carbocycles. The van der Waals surface area contributed by atoms with Gasteiger partial charge in [0, 0.05) is 18.0 Å². The quantitative estimate of drug-likeness (QED) is 0.369. The van der Waals surface area contributed by atoms with Crippen LogP contribution in [0.3, 0.4) is 0 Å². The Morgan fingerprint density at radius 1 is 0.828 bits per heavy atom. The smallest absolute Gasteiger partial charge is 0.159 e. The first-order chi connectivity index (χ1) is 14.3. The minimum Gasteiger partial charge on any atom is -0.494 e. The van der Waals surface area contributed by atoms with E-state index in [9.17, 15) is 0 Å². The predicted octanol–water partition coefficient (Wildman–Crippen LogP) is 7.57. The van der Waals surface area contributed by atoms with Crippen LogP contribution in [0.15, 0.2) is 36.7 Å². The largest absolute Gasteiger partial charge is 0.494 e. The van der Waals surface area contributed by atoms with E-state index in [0.29, 0.717) is 5.92 Å². The topological polar surface area (TPSA) is 35.0 Å². The molecule has 0 N–H and O–H groups in total. The molecule has 1 aliphatic carbocycles. The van der Waals surface area contributed by atoms with Crippen LogP contribution in [0.1, 0.15) is 96.0 Å². The third-order valence-corrected chi connectivity index (χ3v) is 6.34. The monoisotopic (exact) mass is 394 g/mol. The number of hydrogen-bond acceptors (Lipinski definition) is 3. The molecule has 0 unspecified atom stereocenters. The molecule has 1 heterocycles. The summed E-state index contributed by atoms with van der Waals surface area (Å²) in [6.07, 6.45) is 18.5. The molecule has 29 heavy (non-hydrogen) atoms. The number of aromatic nitrogens is 2. The van der Waals surface area contributed by atoms with E-state index in [4.69, 9.17) is 4.74 Å². The molecule has 1 aromatic heterocycles. The lowest BCUT2D eigenvalue weighted by atomic mass is 9.77. The Kier molecular flexibility index (Phi) is 8.98. The van der Waals surface area contributed by atoms with Crippen molar-refractivity contribution < 1.29 is 4.74 Å². The summed E-state index contributed by atoms with van der Waals surface area (Å²) < 4.78 is 5.80. The number of benzene rings is 1. The average molecular weight is 395 g/mol. The van der Waals surface area contributed by atoms with Gasteiger partial charge in [-0.2, -0.15) is 0 Å². The van der Waals surface area contributed by atoms with Gasteiger partial charge in [0.1, 0.15) is 5.75 Å². The van der Waals surface area contributed by atoms with Crippen molar-refractivity contribution in [3.05, 3.63) is 42.2 Å². The first-order valence-corrected chi connectivity index (χ1v) is 11.8. The van der Waals surface area contributed by atoms with Crippen LogP contribution in [-0.2, 0) is 0 Å². The highest BCUT2D eigenvalue weighted by Gasteiger charge is 2.22. The molecule has 1 aliphatic rings. The zero-order valence-corrected chi connectivity index (χ0v) is 18.4. The summed E-state index contributed by atoms with van der Waals surface area (Å²) >= 11 is 0. The molecule has 1 saturated carbocycles. The van der Waals surface area contributed by atoms with Crippen molar-refractivity contribution in [1.82, 2.24) is 9.97 Å². The minimum absolute atomic E-state index is 0.644. The second kappa shape index (κ2) is 11.9. The molecule has 0 amide bonds. The fourth-order valence-corrected chi connectivity index (χ4v) is 4.41. The van der Waals surface area contributed by atoms with E-state index in [1.54, 1.807) is 0 Å². The molecule has 0 aliphatic heterocycles. The molecule has 3 heteroatoms. The van der Waals surface area contributed by atoms with Crippen LogP contribution in [0.25, 0.3) is 11.4 Å². The molecule has 2 aromatic rings. The molecule has 0 atom stereocenters. The third kappa shape index (κ3) is 6.83. The normalized spacial score (nSPS) is 19.2. The second-order valence-electron chi connectivity index (χ2n) is 8.63. The Morgan fingerprint density at radius 3 is 2.14 bits per heavy atom. The Balaban J connectivity index is 1.49. The van der Waals surface area contributed by atoms with Crippen molar-refractivity contribution in [2.75, 3.05) is 6.61 Å². The van der Waals surface area contributed by atoms with Crippen LogP contribution in [0.4, 0.5) is 0 Å². The Hall–Kier alpha value is -1.90. The van der Waals surface area contributed by atoms with E-state index in [0.717, 1.165) is 36.1 Å². The van der Waals surface area contributed by atoms with E-state index in [1.165, 1.54) is 69.8 Å². The van der Waals surface area contributed by atoms with Gasteiger partial charge in [0.2, 0.25) is 0 Å². The summed E-state index contributed by atoms with van der Waals surface area (Å²) in [6, 6.07) is 8.17. The SMILES string of the molecule is CCCCCOc1ccc(-c2ncc([C@H]3CC[C@H](CCCCC)CC3)cn2)cc1. The summed E-state index contributed by atoms with van der Waals surface area (Å²) in [4.78, 5) is 9.34. The molecule has 3 rings (SSSR count). The van der Waals surface area contributed by atoms with Crippen molar-refractivity contribution in [1.29, 1.82) is 0 Å². The van der Waals surface area contributed by atoms with E-state index in [-0.39, 0.29) is 0 Å². The number of unbranched alkanes of at least 4 members (excludes halogenated alkanes) is 4. The van der Waals surface area contributed by atoms with Crippen LogP contribution in [0.2, 0.25) is 0 Å². The summed E-state index contributed by atoms with van der Waals surface area (Å²) in [5.74, 6) is 3.32. The van der Waals surface area contributed by atoms with Gasteiger partial charge in [0.25, 0.3) is 0 Å². The number of rotatable bonds is 11. The molecular weight excluding hydrogens is 356 g/mol. The zero-order chi connectivity index (χ0) is 20.3. The Morgan fingerprint density at radius 2 is 1.48 bits per heavy atom. The van der Waals surface area contributed by atoms with E-state index in [2.05, 4.69) is 48.3 Å². The first kappa shape index (κ1) is 21.8. The van der Waals surface area contributed by atoms with Crippen molar-refractivity contribution in [3.63, 3.8) is 0 Å². The fraction of sp³-hybridized carbons (Fsp3) is 0.615. The highest BCUT2D eigenvalue weighted by Crippen LogP contribution is 2.37. The minimum atomic E-state index is 0.644. The Labute approximate surface area is 177 Å². The van der Waals surface area contributed by atoms with E-state index in [1.807, 2.05) is 12.1 Å². The lowest BCUT2D eigenvalue weighted by molar-refractivity contribution is 0.302. The predicted molar refractivity (Wildman–Crippen MR) is 121 cm³/mol. The van der Waals surface area contributed by atoms with Crippen LogP contribution in [0.5, 0.6) is 5.75 Å². The van der Waals surface area contributed by atoms with Crippen LogP contribution >= 0.6 is 0 Å². The average Bonchev–Trinajstić information content (AvgIpc) is 2.78. The number of hydrogen-bond donors (Lipinski definition) is 0. The lowest BCUT2D eigenvalue weighted by Gasteiger charge is -2.28. The standard InChI is InChI=1S/C26H38N2O/c1-3-5-7-9-21-10-12-22(13-11-21)24-19-27-26(28-20-24)23-14-16-25(17-15-23)29-18-8-6-4-2/h14-17,19-22H,3-13,18H2,1-2H3/t21-,22-. The van der Waals surface area contributed by atoms with Gasteiger partial charge in [-0.15, -0.1) is 0 Å². The van der Waals surface area contributed by atoms with Gasteiger partial charge in [-0.1, -0.05) is 52.4 Å². The highest BCUT2D eigenvalue weighted by atomic mass is 16.5. The molecule has 0 radical (unpaired) electrons. The summed E-state index contributed by atoms with van der Waals surface area (Å²) in [5.41, 5.74) is 2.37. The molecule has 1 fully saturated rings. The second-order valence-corrected chi connectivity index (χ2v) is 8.63. The van der Waals surface area contributed by atoms with Crippen molar-refractivity contribution in [3.8, 4) is 17.1 Å². The number of nitrogens with zero attached hydrogens (tertiary/aromatic N) is 2. The first-order valence-electron chi connectivity index (χ1n) is 11.8. The Bertz CT molecular complexity index is 688. The van der Waals surface area contributed by atoms with E-state index < -0.39 is 0 Å². The van der Waals surface area contributed by atoms with Gasteiger partial charge >= 0.3 is 0 Å². The van der Waals surface area contributed by atoms with Gasteiger partial charge < -0.3 is 4.74 Å². The molecule has 0 bridgehead atoms. The number of ether oxygens (including phenoxy) is 1. The van der Waals surface area contributed by atoms with Crippen molar-refractivity contribution >= 4 is 0 Å². The summed E-state index contributed by atoms with van der Waals surface area (Å²) in [6.45, 7) is 5.29. The van der Waals surface area contributed by atoms with Crippen molar-refractivity contribution in [2.24, 2.45) is 5.92 Å². The molecule has 0 spiro atoms. The molecule has 0 saturated heterocycles. The van der Waals surface area contributed by atoms with Crippen LogP contribution in [0, 0.1) is 5.92 Å². The fourth-order valence-electron chi connectivity index (χ4n) is 4.41.